The van der Waals surface area contributed by atoms with Gasteiger partial charge < -0.3 is 4.74 Å². The van der Waals surface area contributed by atoms with Crippen LogP contribution < -0.4 is 0 Å². The van der Waals surface area contributed by atoms with Gasteiger partial charge in [0.05, 0.1) is 6.61 Å². The van der Waals surface area contributed by atoms with E-state index in [1.165, 1.54) is 30.5 Å². The highest BCUT2D eigenvalue weighted by Crippen LogP contribution is 2.45. The van der Waals surface area contributed by atoms with Crippen molar-refractivity contribution in [1.29, 1.82) is 0 Å². The Balaban J connectivity index is 1.55. The van der Waals surface area contributed by atoms with Gasteiger partial charge in [0.15, 0.2) is 0 Å². The van der Waals surface area contributed by atoms with Crippen molar-refractivity contribution < 1.29 is 9.53 Å². The van der Waals surface area contributed by atoms with Crippen molar-refractivity contribution in [3.05, 3.63) is 18.5 Å². The molecule has 1 aromatic heterocycles. The summed E-state index contributed by atoms with van der Waals surface area (Å²) in [5.74, 6) is 1.18. The van der Waals surface area contributed by atoms with Gasteiger partial charge in [-0.1, -0.05) is 13.8 Å². The topological polar surface area (TPSA) is 47.4 Å². The molecule has 0 aromatic carbocycles. The van der Waals surface area contributed by atoms with Crippen LogP contribution in [0, 0.1) is 11.8 Å². The summed E-state index contributed by atoms with van der Waals surface area (Å²) in [6, 6.07) is 1.73. The average Bonchev–Trinajstić information content (AvgIpc) is 3.09. The molecule has 2 saturated heterocycles. The predicted octanol–water partition coefficient (Wildman–Crippen LogP) is 2.77. The van der Waals surface area contributed by atoms with E-state index in [2.05, 4.69) is 23.8 Å². The van der Waals surface area contributed by atoms with Crippen LogP contribution in [0.3, 0.4) is 0 Å². The second-order valence-corrected chi connectivity index (χ2v) is 6.97. The first-order valence-corrected chi connectivity index (χ1v) is 8.01. The predicted molar refractivity (Wildman–Crippen MR) is 80.1 cm³/mol. The van der Waals surface area contributed by atoms with E-state index in [1.807, 2.05) is 0 Å². The number of carbonyl (C=O) groups is 1. The monoisotopic (exact) mass is 291 g/mol. The maximum absolute atomic E-state index is 11.8. The second kappa shape index (κ2) is 5.79. The third-order valence-corrected chi connectivity index (χ3v) is 4.81. The van der Waals surface area contributed by atoms with Gasteiger partial charge in [0.25, 0.3) is 0 Å². The molecule has 5 heteroatoms. The molecule has 3 rings (SSSR count). The molecule has 0 amide bonds. The molecule has 0 N–H and O–H groups in total. The molecule has 116 valence electrons. The third-order valence-electron chi connectivity index (χ3n) is 4.81. The van der Waals surface area contributed by atoms with Gasteiger partial charge in [0.1, 0.15) is 0 Å². The Morgan fingerprint density at radius 1 is 1.52 bits per heavy atom. The van der Waals surface area contributed by atoms with E-state index >= 15 is 0 Å². The molecule has 0 radical (unpaired) electrons. The minimum atomic E-state index is -0.370. The molecule has 0 bridgehead atoms. The Bertz CT molecular complexity index is 486. The van der Waals surface area contributed by atoms with E-state index in [0.717, 1.165) is 18.9 Å². The van der Waals surface area contributed by atoms with Crippen molar-refractivity contribution in [1.82, 2.24) is 14.7 Å². The third kappa shape index (κ3) is 2.98. The molecule has 21 heavy (non-hydrogen) atoms. The summed E-state index contributed by atoms with van der Waals surface area (Å²) >= 11 is 0. The quantitative estimate of drug-likeness (QED) is 0.856. The van der Waals surface area contributed by atoms with Crippen LogP contribution in [0.5, 0.6) is 0 Å². The Kier molecular flexibility index (Phi) is 4.02. The fourth-order valence-electron chi connectivity index (χ4n) is 4.24. The lowest BCUT2D eigenvalue weighted by Gasteiger charge is -2.33. The van der Waals surface area contributed by atoms with Gasteiger partial charge in [-0.15, -0.1) is 0 Å². The summed E-state index contributed by atoms with van der Waals surface area (Å²) in [7, 11) is 0. The van der Waals surface area contributed by atoms with E-state index in [1.54, 1.807) is 18.5 Å². The molecular formula is C16H25N3O2. The van der Waals surface area contributed by atoms with Gasteiger partial charge in [-0.3, -0.25) is 4.90 Å². The molecule has 3 heterocycles. The van der Waals surface area contributed by atoms with Crippen molar-refractivity contribution in [3.63, 3.8) is 0 Å². The van der Waals surface area contributed by atoms with Crippen molar-refractivity contribution in [2.45, 2.75) is 45.1 Å². The van der Waals surface area contributed by atoms with Crippen molar-refractivity contribution in [2.24, 2.45) is 11.8 Å². The number of fused-ring (bicyclic) bond motifs is 1. The Hall–Kier alpha value is -1.36. The summed E-state index contributed by atoms with van der Waals surface area (Å²) in [6.07, 6.45) is 7.88. The molecular weight excluding hydrogens is 266 g/mol. The number of aromatic nitrogens is 2. The van der Waals surface area contributed by atoms with Crippen molar-refractivity contribution >= 4 is 6.09 Å². The van der Waals surface area contributed by atoms with E-state index < -0.39 is 0 Å². The van der Waals surface area contributed by atoms with Gasteiger partial charge in [0.2, 0.25) is 0 Å². The highest BCUT2D eigenvalue weighted by Gasteiger charge is 2.48. The summed E-state index contributed by atoms with van der Waals surface area (Å²) in [5, 5.41) is 3.90. The maximum Gasteiger partial charge on any atom is 0.434 e. The number of rotatable bonds is 4. The molecule has 2 aliphatic heterocycles. The SMILES string of the molecule is CC(C)C[C@@]12CCCN1C[C@@H](COC(=O)n1cccn1)C2. The van der Waals surface area contributed by atoms with Crippen LogP contribution in [-0.4, -0.2) is 46.0 Å². The fraction of sp³-hybridized carbons (Fsp3) is 0.750. The molecule has 0 spiro atoms. The largest absolute Gasteiger partial charge is 0.448 e. The van der Waals surface area contributed by atoms with Crippen LogP contribution in [0.2, 0.25) is 0 Å². The lowest BCUT2D eigenvalue weighted by atomic mass is 9.83. The molecule has 2 atom stereocenters. The molecule has 0 unspecified atom stereocenters. The first-order valence-electron chi connectivity index (χ1n) is 8.01. The lowest BCUT2D eigenvalue weighted by Crippen LogP contribution is -2.39. The van der Waals surface area contributed by atoms with Gasteiger partial charge >= 0.3 is 6.09 Å². The fourth-order valence-corrected chi connectivity index (χ4v) is 4.24. The van der Waals surface area contributed by atoms with Gasteiger partial charge in [0, 0.05) is 30.4 Å². The van der Waals surface area contributed by atoms with Crippen molar-refractivity contribution in [2.75, 3.05) is 19.7 Å². The highest BCUT2D eigenvalue weighted by molar-refractivity contribution is 5.68. The molecule has 2 fully saturated rings. The zero-order valence-corrected chi connectivity index (χ0v) is 13.0. The summed E-state index contributed by atoms with van der Waals surface area (Å²) in [6.45, 7) is 7.39. The van der Waals surface area contributed by atoms with E-state index in [4.69, 9.17) is 4.74 Å². The summed E-state index contributed by atoms with van der Waals surface area (Å²) in [5.41, 5.74) is 0.372. The minimum Gasteiger partial charge on any atom is -0.448 e. The molecule has 1 aromatic rings. The first kappa shape index (κ1) is 14.6. The minimum absolute atomic E-state index is 0.370. The van der Waals surface area contributed by atoms with E-state index in [9.17, 15) is 4.79 Å². The Morgan fingerprint density at radius 3 is 3.10 bits per heavy atom. The molecule has 2 aliphatic rings. The smallest absolute Gasteiger partial charge is 0.434 e. The van der Waals surface area contributed by atoms with Crippen LogP contribution in [0.15, 0.2) is 18.5 Å². The standard InChI is InChI=1S/C16H25N3O2/c1-13(2)9-16-5-3-7-18(16)11-14(10-16)12-21-15(20)19-8-4-6-17-19/h4,6,8,13-14H,3,5,7,9-12H2,1-2H3/t14-,16+/m0/s1. The van der Waals surface area contributed by atoms with Crippen molar-refractivity contribution in [3.8, 4) is 0 Å². The number of ether oxygens (including phenoxy) is 1. The molecule has 0 saturated carbocycles. The summed E-state index contributed by atoms with van der Waals surface area (Å²) in [4.78, 5) is 14.5. The average molecular weight is 291 g/mol. The number of hydrogen-bond donors (Lipinski definition) is 0. The summed E-state index contributed by atoms with van der Waals surface area (Å²) < 4.78 is 6.67. The number of carbonyl (C=O) groups excluding carboxylic acids is 1. The Morgan fingerprint density at radius 2 is 2.38 bits per heavy atom. The normalized spacial score (nSPS) is 29.0. The van der Waals surface area contributed by atoms with Crippen LogP contribution in [-0.2, 0) is 4.74 Å². The zero-order valence-electron chi connectivity index (χ0n) is 13.0. The Labute approximate surface area is 126 Å². The van der Waals surface area contributed by atoms with Gasteiger partial charge in [-0.05, 0) is 44.2 Å². The molecule has 0 aliphatic carbocycles. The molecule has 5 nitrogen and oxygen atoms in total. The van der Waals surface area contributed by atoms with Crippen LogP contribution in [0.25, 0.3) is 0 Å². The first-order chi connectivity index (χ1) is 10.1. The van der Waals surface area contributed by atoms with E-state index in [-0.39, 0.29) is 6.09 Å². The lowest BCUT2D eigenvalue weighted by molar-refractivity contribution is 0.125. The van der Waals surface area contributed by atoms with Gasteiger partial charge in [-0.25, -0.2) is 4.79 Å². The van der Waals surface area contributed by atoms with E-state index in [0.29, 0.717) is 18.1 Å². The van der Waals surface area contributed by atoms with Gasteiger partial charge in [-0.2, -0.15) is 9.78 Å². The second-order valence-electron chi connectivity index (χ2n) is 6.97. The highest BCUT2D eigenvalue weighted by atomic mass is 16.6. The van der Waals surface area contributed by atoms with Crippen LogP contribution >= 0.6 is 0 Å². The van der Waals surface area contributed by atoms with Crippen LogP contribution in [0.4, 0.5) is 4.79 Å². The number of nitrogens with zero attached hydrogens (tertiary/aromatic N) is 3. The zero-order chi connectivity index (χ0) is 14.9. The number of hydrogen-bond acceptors (Lipinski definition) is 4. The van der Waals surface area contributed by atoms with Crippen LogP contribution in [0.1, 0.15) is 39.5 Å². The maximum atomic E-state index is 11.8.